The molecule has 1 heterocycles. The van der Waals surface area contributed by atoms with Crippen LogP contribution in [-0.2, 0) is 0 Å². The summed E-state index contributed by atoms with van der Waals surface area (Å²) in [5.41, 5.74) is 0.518. The van der Waals surface area contributed by atoms with Crippen molar-refractivity contribution in [1.82, 2.24) is 9.78 Å². The van der Waals surface area contributed by atoms with Crippen LogP contribution in [0.5, 0.6) is 0 Å². The molecule has 19 heavy (non-hydrogen) atoms. The largest absolute Gasteiger partial charge is 0.408 e. The zero-order valence-corrected chi connectivity index (χ0v) is 10.7. The number of nitro groups is 1. The predicted molar refractivity (Wildman–Crippen MR) is 69.4 cm³/mol. The molecule has 0 radical (unpaired) electrons. The molecule has 7 heteroatoms. The number of Topliss-reactive ketones (excluding diaryl/α,β-unsaturated/α-hetero) is 1. The fourth-order valence-corrected chi connectivity index (χ4v) is 1.85. The third kappa shape index (κ3) is 2.63. The van der Waals surface area contributed by atoms with Gasteiger partial charge in [-0.1, -0.05) is 41.9 Å². The summed E-state index contributed by atoms with van der Waals surface area (Å²) in [4.78, 5) is 22.1. The van der Waals surface area contributed by atoms with Crippen molar-refractivity contribution in [3.8, 4) is 0 Å². The summed E-state index contributed by atoms with van der Waals surface area (Å²) in [5, 5.41) is 14.3. The number of halogens is 1. The fraction of sp³-hybridized carbons (Fsp3) is 0.167. The van der Waals surface area contributed by atoms with Crippen LogP contribution in [0.2, 0.25) is 5.02 Å². The average molecular weight is 280 g/mol. The number of carbonyl (C=O) groups excluding carboxylic acids is 1. The van der Waals surface area contributed by atoms with Crippen molar-refractivity contribution in [3.05, 3.63) is 57.2 Å². The van der Waals surface area contributed by atoms with Gasteiger partial charge >= 0.3 is 5.82 Å². The van der Waals surface area contributed by atoms with E-state index in [1.54, 1.807) is 37.3 Å². The molecule has 1 atom stereocenters. The first-order valence-corrected chi connectivity index (χ1v) is 5.87. The highest BCUT2D eigenvalue weighted by atomic mass is 35.5. The molecule has 6 nitrogen and oxygen atoms in total. The van der Waals surface area contributed by atoms with Crippen molar-refractivity contribution in [2.75, 3.05) is 0 Å². The summed E-state index contributed by atoms with van der Waals surface area (Å²) in [6.45, 7) is 1.61. The highest BCUT2D eigenvalue weighted by molar-refractivity contribution is 6.32. The van der Waals surface area contributed by atoms with E-state index in [9.17, 15) is 14.9 Å². The van der Waals surface area contributed by atoms with Gasteiger partial charge in [0, 0.05) is 5.56 Å². The smallest absolute Gasteiger partial charge is 0.358 e. The Morgan fingerprint density at radius 3 is 2.58 bits per heavy atom. The number of aromatic nitrogens is 2. The molecule has 0 saturated heterocycles. The summed E-state index contributed by atoms with van der Waals surface area (Å²) < 4.78 is 1.20. The highest BCUT2D eigenvalue weighted by Crippen LogP contribution is 2.24. The SMILES string of the molecule is CC(C(=O)c1ccccc1)n1cc(Cl)c([N+](=O)[O-])n1. The molecule has 0 saturated carbocycles. The molecule has 0 aliphatic rings. The molecule has 0 fully saturated rings. The van der Waals surface area contributed by atoms with Crippen molar-refractivity contribution in [2.45, 2.75) is 13.0 Å². The molecule has 0 aliphatic heterocycles. The van der Waals surface area contributed by atoms with Crippen LogP contribution in [0.4, 0.5) is 5.82 Å². The molecule has 1 aromatic heterocycles. The van der Waals surface area contributed by atoms with Gasteiger partial charge < -0.3 is 10.1 Å². The Kier molecular flexibility index (Phi) is 3.62. The predicted octanol–water partition coefficient (Wildman–Crippen LogP) is 2.89. The van der Waals surface area contributed by atoms with Gasteiger partial charge in [0.2, 0.25) is 0 Å². The molecule has 0 bridgehead atoms. The number of benzene rings is 1. The van der Waals surface area contributed by atoms with Crippen molar-refractivity contribution < 1.29 is 9.72 Å². The second-order valence-electron chi connectivity index (χ2n) is 3.94. The highest BCUT2D eigenvalue weighted by Gasteiger charge is 2.26. The standard InChI is InChI=1S/C12H10ClN3O3/c1-8(11(17)9-5-3-2-4-6-9)15-7-10(13)12(14-15)16(18)19/h2-8H,1H3. The molecule has 98 valence electrons. The first-order chi connectivity index (χ1) is 9.00. The normalized spacial score (nSPS) is 12.1. The van der Waals surface area contributed by atoms with Crippen LogP contribution in [-0.4, -0.2) is 20.5 Å². The fourth-order valence-electron chi connectivity index (χ4n) is 1.65. The third-order valence-corrected chi connectivity index (χ3v) is 2.94. The molecule has 0 spiro atoms. The van der Waals surface area contributed by atoms with Gasteiger partial charge in [-0.2, -0.15) is 4.68 Å². The summed E-state index contributed by atoms with van der Waals surface area (Å²) in [6, 6.07) is 8.00. The summed E-state index contributed by atoms with van der Waals surface area (Å²) in [5.74, 6) is -0.635. The van der Waals surface area contributed by atoms with E-state index in [0.29, 0.717) is 5.56 Å². The van der Waals surface area contributed by atoms with E-state index >= 15 is 0 Å². The van der Waals surface area contributed by atoms with Gasteiger partial charge in [0.25, 0.3) is 0 Å². The third-order valence-electron chi connectivity index (χ3n) is 2.68. The van der Waals surface area contributed by atoms with Gasteiger partial charge in [-0.15, -0.1) is 0 Å². The Morgan fingerprint density at radius 2 is 2.05 bits per heavy atom. The van der Waals surface area contributed by atoms with Crippen LogP contribution >= 0.6 is 11.6 Å². The lowest BCUT2D eigenvalue weighted by Gasteiger charge is -2.07. The number of carbonyl (C=O) groups is 1. The zero-order chi connectivity index (χ0) is 14.0. The Hall–Kier alpha value is -2.21. The van der Waals surface area contributed by atoms with Crippen LogP contribution in [0.15, 0.2) is 36.5 Å². The van der Waals surface area contributed by atoms with Crippen LogP contribution in [0.25, 0.3) is 0 Å². The maximum absolute atomic E-state index is 12.2. The molecule has 0 amide bonds. The molecule has 0 aliphatic carbocycles. The lowest BCUT2D eigenvalue weighted by molar-refractivity contribution is -0.389. The molecule has 1 aromatic carbocycles. The molecule has 2 rings (SSSR count). The van der Waals surface area contributed by atoms with E-state index in [2.05, 4.69) is 5.10 Å². The summed E-state index contributed by atoms with van der Waals surface area (Å²) in [7, 11) is 0. The molecule has 2 aromatic rings. The van der Waals surface area contributed by atoms with Crippen LogP contribution < -0.4 is 0 Å². The van der Waals surface area contributed by atoms with Crippen LogP contribution in [0.3, 0.4) is 0 Å². The van der Waals surface area contributed by atoms with E-state index < -0.39 is 16.8 Å². The first kappa shape index (κ1) is 13.2. The Labute approximate surface area is 113 Å². The van der Waals surface area contributed by atoms with Crippen molar-refractivity contribution in [1.29, 1.82) is 0 Å². The maximum atomic E-state index is 12.2. The lowest BCUT2D eigenvalue weighted by atomic mass is 10.1. The molecular formula is C12H10ClN3O3. The second kappa shape index (κ2) is 5.19. The summed E-state index contributed by atoms with van der Waals surface area (Å²) in [6.07, 6.45) is 1.28. The topological polar surface area (TPSA) is 78.0 Å². The summed E-state index contributed by atoms with van der Waals surface area (Å²) >= 11 is 5.70. The molecular weight excluding hydrogens is 270 g/mol. The molecule has 0 N–H and O–H groups in total. The Morgan fingerprint density at radius 1 is 1.42 bits per heavy atom. The van der Waals surface area contributed by atoms with Crippen LogP contribution in [0.1, 0.15) is 23.3 Å². The van der Waals surface area contributed by atoms with Crippen molar-refractivity contribution in [3.63, 3.8) is 0 Å². The first-order valence-electron chi connectivity index (χ1n) is 5.49. The van der Waals surface area contributed by atoms with Gasteiger partial charge in [-0.05, 0) is 11.8 Å². The van der Waals surface area contributed by atoms with E-state index in [1.807, 2.05) is 0 Å². The quantitative estimate of drug-likeness (QED) is 0.490. The van der Waals surface area contributed by atoms with Gasteiger partial charge in [0.1, 0.15) is 6.04 Å². The second-order valence-corrected chi connectivity index (χ2v) is 4.35. The number of hydrogen-bond donors (Lipinski definition) is 0. The van der Waals surface area contributed by atoms with E-state index in [0.717, 1.165) is 0 Å². The van der Waals surface area contributed by atoms with Gasteiger partial charge in [0.05, 0.1) is 11.3 Å². The molecule has 1 unspecified atom stereocenters. The van der Waals surface area contributed by atoms with Gasteiger partial charge in [0.15, 0.2) is 10.8 Å². The van der Waals surface area contributed by atoms with E-state index in [4.69, 9.17) is 11.6 Å². The number of rotatable bonds is 4. The van der Waals surface area contributed by atoms with Crippen molar-refractivity contribution in [2.24, 2.45) is 0 Å². The van der Waals surface area contributed by atoms with Gasteiger partial charge in [-0.25, -0.2) is 0 Å². The minimum atomic E-state index is -0.682. The van der Waals surface area contributed by atoms with Gasteiger partial charge in [-0.3, -0.25) is 4.79 Å². The zero-order valence-electron chi connectivity index (χ0n) is 9.99. The monoisotopic (exact) mass is 279 g/mol. The van der Waals surface area contributed by atoms with Crippen LogP contribution in [0, 0.1) is 10.1 Å². The number of hydrogen-bond acceptors (Lipinski definition) is 4. The van der Waals surface area contributed by atoms with Crippen molar-refractivity contribution >= 4 is 23.2 Å². The minimum Gasteiger partial charge on any atom is -0.358 e. The van der Waals surface area contributed by atoms with E-state index in [-0.39, 0.29) is 10.8 Å². The minimum absolute atomic E-state index is 0.0855. The average Bonchev–Trinajstić information content (AvgIpc) is 2.80. The lowest BCUT2D eigenvalue weighted by Crippen LogP contribution is -2.17. The number of ketones is 1. The maximum Gasteiger partial charge on any atom is 0.408 e. The van der Waals surface area contributed by atoms with E-state index in [1.165, 1.54) is 10.9 Å². The Balaban J connectivity index is 2.30. The Bertz CT molecular complexity index is 624. The number of nitrogens with zero attached hydrogens (tertiary/aromatic N) is 3.